The Morgan fingerprint density at radius 1 is 1.35 bits per heavy atom. The Kier molecular flexibility index (Phi) is 5.92. The number of thioether (sulfide) groups is 1. The number of hydrogen-bond donors (Lipinski definition) is 1. The van der Waals surface area contributed by atoms with Gasteiger partial charge in [0.25, 0.3) is 5.91 Å². The summed E-state index contributed by atoms with van der Waals surface area (Å²) < 4.78 is 0. The summed E-state index contributed by atoms with van der Waals surface area (Å²) >= 11 is 1.98. The smallest absolute Gasteiger partial charge is 0.253 e. The molecule has 1 aromatic carbocycles. The van der Waals surface area contributed by atoms with E-state index in [-0.39, 0.29) is 5.91 Å². The maximum absolute atomic E-state index is 12.6. The number of amides is 1. The highest BCUT2D eigenvalue weighted by atomic mass is 32.2. The summed E-state index contributed by atoms with van der Waals surface area (Å²) in [6.07, 6.45) is 3.58. The third-order valence-corrected chi connectivity index (χ3v) is 4.94. The Labute approximate surface area is 125 Å². The average molecular weight is 292 g/mol. The molecule has 1 saturated heterocycles. The zero-order chi connectivity index (χ0) is 14.4. The molecule has 1 heterocycles. The molecule has 3 nitrogen and oxygen atoms in total. The SMILES string of the molecule is CCSC1CCCCN(C(=O)c2ccc(CN)cc2)C1. The van der Waals surface area contributed by atoms with E-state index in [0.29, 0.717) is 11.8 Å². The summed E-state index contributed by atoms with van der Waals surface area (Å²) in [6, 6.07) is 7.70. The Balaban J connectivity index is 2.05. The quantitative estimate of drug-likeness (QED) is 0.928. The number of likely N-dealkylation sites (tertiary alicyclic amines) is 1. The summed E-state index contributed by atoms with van der Waals surface area (Å²) in [7, 11) is 0. The molecule has 2 rings (SSSR count). The predicted molar refractivity (Wildman–Crippen MR) is 86.0 cm³/mol. The maximum atomic E-state index is 12.6. The fourth-order valence-corrected chi connectivity index (χ4v) is 3.72. The first-order valence-electron chi connectivity index (χ1n) is 7.44. The van der Waals surface area contributed by atoms with Crippen molar-refractivity contribution < 1.29 is 4.79 Å². The van der Waals surface area contributed by atoms with Crippen molar-refractivity contribution in [3.63, 3.8) is 0 Å². The molecule has 0 aromatic heterocycles. The van der Waals surface area contributed by atoms with Crippen LogP contribution in [0.15, 0.2) is 24.3 Å². The molecule has 1 atom stereocenters. The first-order valence-corrected chi connectivity index (χ1v) is 8.49. The molecule has 2 N–H and O–H groups in total. The molecule has 1 aliphatic rings. The highest BCUT2D eigenvalue weighted by molar-refractivity contribution is 7.99. The molecule has 0 bridgehead atoms. The van der Waals surface area contributed by atoms with Crippen molar-refractivity contribution >= 4 is 17.7 Å². The third-order valence-electron chi connectivity index (χ3n) is 3.75. The van der Waals surface area contributed by atoms with Crippen LogP contribution in [0.2, 0.25) is 0 Å². The van der Waals surface area contributed by atoms with Crippen molar-refractivity contribution in [1.29, 1.82) is 0 Å². The highest BCUT2D eigenvalue weighted by Gasteiger charge is 2.22. The van der Waals surface area contributed by atoms with Crippen molar-refractivity contribution in [3.05, 3.63) is 35.4 Å². The topological polar surface area (TPSA) is 46.3 Å². The van der Waals surface area contributed by atoms with Crippen molar-refractivity contribution in [2.24, 2.45) is 5.73 Å². The lowest BCUT2D eigenvalue weighted by Crippen LogP contribution is -2.35. The second kappa shape index (κ2) is 7.70. The van der Waals surface area contributed by atoms with Crippen molar-refractivity contribution in [2.45, 2.75) is 38.0 Å². The van der Waals surface area contributed by atoms with E-state index in [1.807, 2.05) is 40.9 Å². The molecule has 1 fully saturated rings. The van der Waals surface area contributed by atoms with Gasteiger partial charge in [0, 0.05) is 30.4 Å². The third kappa shape index (κ3) is 4.00. The lowest BCUT2D eigenvalue weighted by Gasteiger charge is -2.24. The summed E-state index contributed by atoms with van der Waals surface area (Å²) in [6.45, 7) is 4.48. The fraction of sp³-hybridized carbons (Fsp3) is 0.562. The van der Waals surface area contributed by atoms with Crippen LogP contribution in [0.25, 0.3) is 0 Å². The van der Waals surface area contributed by atoms with Crippen LogP contribution in [0.4, 0.5) is 0 Å². The van der Waals surface area contributed by atoms with Crippen LogP contribution in [0.3, 0.4) is 0 Å². The number of carbonyl (C=O) groups excluding carboxylic acids is 1. The Morgan fingerprint density at radius 3 is 2.75 bits per heavy atom. The second-order valence-corrected chi connectivity index (χ2v) is 6.80. The van der Waals surface area contributed by atoms with Crippen molar-refractivity contribution in [2.75, 3.05) is 18.8 Å². The van der Waals surface area contributed by atoms with Gasteiger partial charge in [0.05, 0.1) is 0 Å². The molecule has 110 valence electrons. The zero-order valence-corrected chi connectivity index (χ0v) is 13.0. The van der Waals surface area contributed by atoms with Crippen LogP contribution >= 0.6 is 11.8 Å². The summed E-state index contributed by atoms with van der Waals surface area (Å²) in [4.78, 5) is 14.6. The lowest BCUT2D eigenvalue weighted by molar-refractivity contribution is 0.0763. The Hall–Kier alpha value is -1.00. The van der Waals surface area contributed by atoms with E-state index in [1.54, 1.807) is 0 Å². The van der Waals surface area contributed by atoms with Crippen LogP contribution in [-0.4, -0.2) is 34.9 Å². The van der Waals surface area contributed by atoms with Crippen LogP contribution in [-0.2, 0) is 6.54 Å². The molecule has 1 aliphatic heterocycles. The van der Waals surface area contributed by atoms with Gasteiger partial charge in [0.2, 0.25) is 0 Å². The maximum Gasteiger partial charge on any atom is 0.253 e. The van der Waals surface area contributed by atoms with Crippen LogP contribution < -0.4 is 5.73 Å². The summed E-state index contributed by atoms with van der Waals surface area (Å²) in [5.41, 5.74) is 7.44. The average Bonchev–Trinajstić information content (AvgIpc) is 2.73. The largest absolute Gasteiger partial charge is 0.338 e. The van der Waals surface area contributed by atoms with E-state index < -0.39 is 0 Å². The minimum Gasteiger partial charge on any atom is -0.338 e. The van der Waals surface area contributed by atoms with Gasteiger partial charge in [-0.05, 0) is 36.3 Å². The zero-order valence-electron chi connectivity index (χ0n) is 12.2. The molecule has 0 saturated carbocycles. The van der Waals surface area contributed by atoms with Gasteiger partial charge in [-0.25, -0.2) is 0 Å². The van der Waals surface area contributed by atoms with E-state index in [2.05, 4.69) is 6.92 Å². The molecule has 1 unspecified atom stereocenters. The van der Waals surface area contributed by atoms with Crippen LogP contribution in [0, 0.1) is 0 Å². The van der Waals surface area contributed by atoms with E-state index in [1.165, 1.54) is 12.8 Å². The van der Waals surface area contributed by atoms with Gasteiger partial charge in [-0.15, -0.1) is 0 Å². The number of carbonyl (C=O) groups is 1. The Morgan fingerprint density at radius 2 is 2.10 bits per heavy atom. The van der Waals surface area contributed by atoms with E-state index >= 15 is 0 Å². The van der Waals surface area contributed by atoms with Gasteiger partial charge in [-0.1, -0.05) is 25.5 Å². The highest BCUT2D eigenvalue weighted by Crippen LogP contribution is 2.23. The first-order chi connectivity index (χ1) is 9.74. The lowest BCUT2D eigenvalue weighted by atomic mass is 10.1. The molecule has 1 amide bonds. The monoisotopic (exact) mass is 292 g/mol. The molecule has 20 heavy (non-hydrogen) atoms. The van der Waals surface area contributed by atoms with Gasteiger partial charge in [-0.2, -0.15) is 11.8 Å². The van der Waals surface area contributed by atoms with E-state index in [0.717, 1.165) is 36.4 Å². The molecule has 4 heteroatoms. The predicted octanol–water partition coefficient (Wildman–Crippen LogP) is 2.89. The minimum atomic E-state index is 0.164. The summed E-state index contributed by atoms with van der Waals surface area (Å²) in [5, 5.41) is 0.592. The van der Waals surface area contributed by atoms with Crippen LogP contribution in [0.1, 0.15) is 42.1 Å². The number of benzene rings is 1. The summed E-state index contributed by atoms with van der Waals surface area (Å²) in [5.74, 6) is 1.29. The second-order valence-electron chi connectivity index (χ2n) is 5.23. The number of hydrogen-bond acceptors (Lipinski definition) is 3. The van der Waals surface area contributed by atoms with Gasteiger partial charge < -0.3 is 10.6 Å². The molecule has 0 spiro atoms. The minimum absolute atomic E-state index is 0.164. The first kappa shape index (κ1) is 15.4. The van der Waals surface area contributed by atoms with Crippen molar-refractivity contribution in [1.82, 2.24) is 4.90 Å². The molecule has 0 radical (unpaired) electrons. The Bertz CT molecular complexity index is 433. The number of rotatable bonds is 4. The molecular weight excluding hydrogens is 268 g/mol. The van der Waals surface area contributed by atoms with Gasteiger partial charge in [0.1, 0.15) is 0 Å². The number of nitrogens with two attached hydrogens (primary N) is 1. The van der Waals surface area contributed by atoms with Gasteiger partial charge in [0.15, 0.2) is 0 Å². The van der Waals surface area contributed by atoms with E-state index in [4.69, 9.17) is 5.73 Å². The van der Waals surface area contributed by atoms with E-state index in [9.17, 15) is 4.79 Å². The van der Waals surface area contributed by atoms with Crippen LogP contribution in [0.5, 0.6) is 0 Å². The normalized spacial score (nSPS) is 19.7. The standard InChI is InChI=1S/C16H24N2OS/c1-2-20-15-5-3-4-10-18(12-15)16(19)14-8-6-13(11-17)7-9-14/h6-9,15H,2-5,10-12,17H2,1H3. The fourth-order valence-electron chi connectivity index (χ4n) is 2.63. The molecular formula is C16H24N2OS. The molecule has 0 aliphatic carbocycles. The van der Waals surface area contributed by atoms with Gasteiger partial charge in [-0.3, -0.25) is 4.79 Å². The van der Waals surface area contributed by atoms with Gasteiger partial charge >= 0.3 is 0 Å². The number of nitrogens with zero attached hydrogens (tertiary/aromatic N) is 1. The van der Waals surface area contributed by atoms with Crippen molar-refractivity contribution in [3.8, 4) is 0 Å². The molecule has 1 aromatic rings.